The zero-order valence-corrected chi connectivity index (χ0v) is 15.9. The number of carbonyl (C=O) groups is 2. The molecule has 0 aromatic carbocycles. The zero-order valence-electron chi connectivity index (χ0n) is 15.9. The lowest BCUT2D eigenvalue weighted by atomic mass is 10.1. The van der Waals surface area contributed by atoms with Crippen molar-refractivity contribution in [3.05, 3.63) is 23.8 Å². The van der Waals surface area contributed by atoms with Crippen LogP contribution in [0.1, 0.15) is 60.5 Å². The van der Waals surface area contributed by atoms with Gasteiger partial charge in [0.15, 0.2) is 11.4 Å². The third-order valence-corrected chi connectivity index (χ3v) is 5.53. The third kappa shape index (κ3) is 3.87. The molecule has 0 radical (unpaired) electrons. The number of hydrogen-bond donors (Lipinski definition) is 0. The molecular formula is C19H29N5O2. The van der Waals surface area contributed by atoms with Crippen LogP contribution >= 0.6 is 0 Å². The van der Waals surface area contributed by atoms with E-state index in [4.69, 9.17) is 0 Å². The molecule has 2 amide bonds. The molecule has 7 heteroatoms. The monoisotopic (exact) mass is 359 g/mol. The standard InChI is InChI=1S/C19H29N5O2/c1-3-22(4-2)15-8-13-24(14-15)19(26)17-16(20-9-10-21-17)18(25)23-11-6-5-7-12-23/h9-10,15H,3-8,11-14H2,1-2H3. The van der Waals surface area contributed by atoms with Crippen LogP contribution in [0.4, 0.5) is 0 Å². The van der Waals surface area contributed by atoms with E-state index >= 15 is 0 Å². The Morgan fingerprint density at radius 2 is 1.54 bits per heavy atom. The average molecular weight is 359 g/mol. The van der Waals surface area contributed by atoms with Crippen molar-refractivity contribution < 1.29 is 9.59 Å². The minimum Gasteiger partial charge on any atom is -0.337 e. The van der Waals surface area contributed by atoms with Gasteiger partial charge in [-0.3, -0.25) is 14.5 Å². The summed E-state index contributed by atoms with van der Waals surface area (Å²) in [4.78, 5) is 40.3. The Hall–Kier alpha value is -2.02. The molecule has 2 aliphatic heterocycles. The van der Waals surface area contributed by atoms with Crippen molar-refractivity contribution in [1.29, 1.82) is 0 Å². The predicted molar refractivity (Wildman–Crippen MR) is 99.0 cm³/mol. The van der Waals surface area contributed by atoms with Crippen LogP contribution in [0, 0.1) is 0 Å². The molecule has 2 saturated heterocycles. The summed E-state index contributed by atoms with van der Waals surface area (Å²) in [5, 5.41) is 0. The fraction of sp³-hybridized carbons (Fsp3) is 0.684. The van der Waals surface area contributed by atoms with Crippen LogP contribution < -0.4 is 0 Å². The molecule has 0 spiro atoms. The number of rotatable bonds is 5. The number of likely N-dealkylation sites (N-methyl/N-ethyl adjacent to an activating group) is 1. The highest BCUT2D eigenvalue weighted by molar-refractivity contribution is 6.04. The lowest BCUT2D eigenvalue weighted by Gasteiger charge is -2.27. The van der Waals surface area contributed by atoms with Gasteiger partial charge >= 0.3 is 0 Å². The zero-order chi connectivity index (χ0) is 18.5. The van der Waals surface area contributed by atoms with Crippen molar-refractivity contribution >= 4 is 11.8 Å². The van der Waals surface area contributed by atoms with Gasteiger partial charge in [-0.15, -0.1) is 0 Å². The van der Waals surface area contributed by atoms with Crippen molar-refractivity contribution in [3.8, 4) is 0 Å². The molecule has 1 atom stereocenters. The topological polar surface area (TPSA) is 69.6 Å². The molecule has 0 aliphatic carbocycles. The molecule has 3 heterocycles. The van der Waals surface area contributed by atoms with Gasteiger partial charge in [0.1, 0.15) is 0 Å². The molecule has 1 aromatic rings. The van der Waals surface area contributed by atoms with Gasteiger partial charge in [-0.05, 0) is 38.8 Å². The molecule has 0 bridgehead atoms. The van der Waals surface area contributed by atoms with E-state index in [1.165, 1.54) is 12.4 Å². The minimum absolute atomic E-state index is 0.166. The van der Waals surface area contributed by atoms with Gasteiger partial charge in [0, 0.05) is 44.6 Å². The quantitative estimate of drug-likeness (QED) is 0.800. The number of amides is 2. The Labute approximate surface area is 155 Å². The smallest absolute Gasteiger partial charge is 0.274 e. The third-order valence-electron chi connectivity index (χ3n) is 5.53. The summed E-state index contributed by atoms with van der Waals surface area (Å²) >= 11 is 0. The van der Waals surface area contributed by atoms with E-state index in [2.05, 4.69) is 28.7 Å². The highest BCUT2D eigenvalue weighted by Gasteiger charge is 2.33. The second-order valence-electron chi connectivity index (χ2n) is 7.02. The SMILES string of the molecule is CCN(CC)C1CCN(C(=O)c2nccnc2C(=O)N2CCCCC2)C1. The van der Waals surface area contributed by atoms with E-state index < -0.39 is 0 Å². The summed E-state index contributed by atoms with van der Waals surface area (Å²) in [5.41, 5.74) is 0.397. The van der Waals surface area contributed by atoms with Crippen LogP contribution in [0.25, 0.3) is 0 Å². The van der Waals surface area contributed by atoms with E-state index in [-0.39, 0.29) is 23.2 Å². The predicted octanol–water partition coefficient (Wildman–Crippen LogP) is 1.66. The van der Waals surface area contributed by atoms with Crippen LogP contribution in [-0.2, 0) is 0 Å². The van der Waals surface area contributed by atoms with Crippen molar-refractivity contribution in [1.82, 2.24) is 24.7 Å². The van der Waals surface area contributed by atoms with Gasteiger partial charge in [0.05, 0.1) is 0 Å². The summed E-state index contributed by atoms with van der Waals surface area (Å²) < 4.78 is 0. The van der Waals surface area contributed by atoms with Crippen molar-refractivity contribution in [3.63, 3.8) is 0 Å². The minimum atomic E-state index is -0.173. The maximum absolute atomic E-state index is 13.0. The van der Waals surface area contributed by atoms with E-state index in [1.54, 1.807) is 4.90 Å². The number of hydrogen-bond acceptors (Lipinski definition) is 5. The largest absolute Gasteiger partial charge is 0.337 e. The Kier molecular flexibility index (Phi) is 6.19. The first kappa shape index (κ1) is 18.8. The Morgan fingerprint density at radius 1 is 0.962 bits per heavy atom. The summed E-state index contributed by atoms with van der Waals surface area (Å²) in [5.74, 6) is -0.339. The van der Waals surface area contributed by atoms with Crippen LogP contribution in [0.5, 0.6) is 0 Å². The van der Waals surface area contributed by atoms with Gasteiger partial charge in [-0.25, -0.2) is 9.97 Å². The van der Waals surface area contributed by atoms with Crippen LogP contribution in [0.3, 0.4) is 0 Å². The summed E-state index contributed by atoms with van der Waals surface area (Å²) in [7, 11) is 0. The molecule has 3 rings (SSSR count). The number of carbonyl (C=O) groups excluding carboxylic acids is 2. The molecule has 2 fully saturated rings. The average Bonchev–Trinajstić information content (AvgIpc) is 3.18. The van der Waals surface area contributed by atoms with E-state index in [1.807, 2.05) is 4.90 Å². The van der Waals surface area contributed by atoms with Gasteiger partial charge < -0.3 is 9.80 Å². The summed E-state index contributed by atoms with van der Waals surface area (Å²) in [6.45, 7) is 9.11. The highest BCUT2D eigenvalue weighted by Crippen LogP contribution is 2.20. The van der Waals surface area contributed by atoms with E-state index in [0.29, 0.717) is 19.1 Å². The molecular weight excluding hydrogens is 330 g/mol. The first-order chi connectivity index (χ1) is 12.7. The Bertz CT molecular complexity index is 641. The van der Waals surface area contributed by atoms with Crippen LogP contribution in [0.15, 0.2) is 12.4 Å². The van der Waals surface area contributed by atoms with E-state index in [0.717, 1.165) is 51.9 Å². The number of likely N-dealkylation sites (tertiary alicyclic amines) is 2. The van der Waals surface area contributed by atoms with Crippen LogP contribution in [-0.4, -0.2) is 81.8 Å². The lowest BCUT2D eigenvalue weighted by Crippen LogP contribution is -2.40. The van der Waals surface area contributed by atoms with Gasteiger partial charge in [0.25, 0.3) is 11.8 Å². The Morgan fingerprint density at radius 3 is 2.12 bits per heavy atom. The number of aromatic nitrogens is 2. The Balaban J connectivity index is 1.75. The van der Waals surface area contributed by atoms with Gasteiger partial charge in [-0.2, -0.15) is 0 Å². The second-order valence-corrected chi connectivity index (χ2v) is 7.02. The molecule has 1 aromatic heterocycles. The van der Waals surface area contributed by atoms with Crippen molar-refractivity contribution in [2.24, 2.45) is 0 Å². The van der Waals surface area contributed by atoms with Gasteiger partial charge in [0.2, 0.25) is 0 Å². The summed E-state index contributed by atoms with van der Waals surface area (Å²) in [6, 6.07) is 0.381. The molecule has 0 saturated carbocycles. The maximum Gasteiger partial charge on any atom is 0.274 e. The number of nitrogens with zero attached hydrogens (tertiary/aromatic N) is 5. The lowest BCUT2D eigenvalue weighted by molar-refractivity contribution is 0.0694. The van der Waals surface area contributed by atoms with Crippen molar-refractivity contribution in [2.75, 3.05) is 39.3 Å². The molecule has 0 N–H and O–H groups in total. The first-order valence-corrected chi connectivity index (χ1v) is 9.79. The normalized spacial score (nSPS) is 20.7. The molecule has 26 heavy (non-hydrogen) atoms. The molecule has 1 unspecified atom stereocenters. The molecule has 7 nitrogen and oxygen atoms in total. The molecule has 142 valence electrons. The van der Waals surface area contributed by atoms with E-state index in [9.17, 15) is 9.59 Å². The van der Waals surface area contributed by atoms with Crippen molar-refractivity contribution in [2.45, 2.75) is 45.6 Å². The van der Waals surface area contributed by atoms with Gasteiger partial charge in [-0.1, -0.05) is 13.8 Å². The fourth-order valence-electron chi connectivity index (χ4n) is 4.01. The number of piperidine rings is 1. The molecule has 2 aliphatic rings. The fourth-order valence-corrected chi connectivity index (χ4v) is 4.01. The summed E-state index contributed by atoms with van der Waals surface area (Å²) in [6.07, 6.45) is 7.12. The second kappa shape index (κ2) is 8.58. The highest BCUT2D eigenvalue weighted by atomic mass is 16.2. The van der Waals surface area contributed by atoms with Crippen LogP contribution in [0.2, 0.25) is 0 Å². The first-order valence-electron chi connectivity index (χ1n) is 9.79. The maximum atomic E-state index is 13.0.